The minimum Gasteiger partial charge on any atom is -0.350 e. The number of ketones is 1. The Morgan fingerprint density at radius 2 is 1.71 bits per heavy atom. The minimum atomic E-state index is -0.260. The minimum absolute atomic E-state index is 0.190. The van der Waals surface area contributed by atoms with Crippen LogP contribution in [0.15, 0.2) is 77.6 Å². The SMILES string of the molecule is CC(=O)c1c(-c2ccccc2)nn(CC2CC2)c(=O)c1Nc1cccc2ccccc12. The molecule has 31 heavy (non-hydrogen) atoms. The van der Waals surface area contributed by atoms with Crippen molar-refractivity contribution in [3.63, 3.8) is 0 Å². The van der Waals surface area contributed by atoms with Crippen LogP contribution in [-0.4, -0.2) is 15.6 Å². The number of benzene rings is 3. The van der Waals surface area contributed by atoms with Gasteiger partial charge in [-0.25, -0.2) is 4.68 Å². The van der Waals surface area contributed by atoms with Crippen molar-refractivity contribution >= 4 is 27.9 Å². The molecule has 5 nitrogen and oxygen atoms in total. The van der Waals surface area contributed by atoms with Gasteiger partial charge >= 0.3 is 0 Å². The summed E-state index contributed by atoms with van der Waals surface area (Å²) in [7, 11) is 0. The first-order valence-corrected chi connectivity index (χ1v) is 10.6. The molecule has 1 aromatic heterocycles. The molecule has 0 saturated heterocycles. The molecular weight excluding hydrogens is 386 g/mol. The van der Waals surface area contributed by atoms with Gasteiger partial charge in [0.2, 0.25) is 0 Å². The van der Waals surface area contributed by atoms with Gasteiger partial charge in [-0.1, -0.05) is 66.7 Å². The molecule has 1 heterocycles. The molecular formula is C26H23N3O2. The van der Waals surface area contributed by atoms with E-state index < -0.39 is 0 Å². The van der Waals surface area contributed by atoms with Crippen LogP contribution in [0.2, 0.25) is 0 Å². The van der Waals surface area contributed by atoms with E-state index in [2.05, 4.69) is 10.4 Å². The first-order valence-electron chi connectivity index (χ1n) is 10.6. The lowest BCUT2D eigenvalue weighted by Crippen LogP contribution is -2.29. The summed E-state index contributed by atoms with van der Waals surface area (Å²) >= 11 is 0. The molecule has 3 aromatic carbocycles. The molecule has 1 aliphatic rings. The number of carbonyl (C=O) groups is 1. The smallest absolute Gasteiger partial charge is 0.291 e. The Hall–Kier alpha value is -3.73. The molecule has 5 heteroatoms. The molecule has 154 valence electrons. The maximum Gasteiger partial charge on any atom is 0.291 e. The van der Waals surface area contributed by atoms with E-state index in [4.69, 9.17) is 0 Å². The number of hydrogen-bond donors (Lipinski definition) is 1. The largest absolute Gasteiger partial charge is 0.350 e. The molecule has 0 radical (unpaired) electrons. The molecule has 0 aliphatic heterocycles. The molecule has 0 unspecified atom stereocenters. The van der Waals surface area contributed by atoms with Crippen LogP contribution in [0.1, 0.15) is 30.1 Å². The van der Waals surface area contributed by atoms with Crippen molar-refractivity contribution in [2.75, 3.05) is 5.32 Å². The Morgan fingerprint density at radius 1 is 1.00 bits per heavy atom. The molecule has 4 aromatic rings. The predicted molar refractivity (Wildman–Crippen MR) is 124 cm³/mol. The highest BCUT2D eigenvalue weighted by atomic mass is 16.1. The van der Waals surface area contributed by atoms with Crippen LogP contribution in [-0.2, 0) is 6.54 Å². The second-order valence-corrected chi connectivity index (χ2v) is 8.10. The predicted octanol–water partition coefficient (Wildman–Crippen LogP) is 5.42. The molecule has 1 fully saturated rings. The first kappa shape index (κ1) is 19.2. The first-order chi connectivity index (χ1) is 15.1. The summed E-state index contributed by atoms with van der Waals surface area (Å²) in [4.78, 5) is 26.3. The maximum atomic E-state index is 13.5. The van der Waals surface area contributed by atoms with Crippen molar-refractivity contribution in [3.8, 4) is 11.3 Å². The van der Waals surface area contributed by atoms with Crippen molar-refractivity contribution in [1.82, 2.24) is 9.78 Å². The van der Waals surface area contributed by atoms with E-state index in [1.807, 2.05) is 72.8 Å². The van der Waals surface area contributed by atoms with Crippen LogP contribution < -0.4 is 10.9 Å². The number of rotatable bonds is 6. The highest BCUT2D eigenvalue weighted by Crippen LogP contribution is 2.33. The second kappa shape index (κ2) is 7.84. The lowest BCUT2D eigenvalue weighted by atomic mass is 10.0. The summed E-state index contributed by atoms with van der Waals surface area (Å²) < 4.78 is 1.53. The van der Waals surface area contributed by atoms with Gasteiger partial charge in [-0.3, -0.25) is 9.59 Å². The van der Waals surface area contributed by atoms with E-state index in [0.29, 0.717) is 29.4 Å². The van der Waals surface area contributed by atoms with E-state index in [1.54, 1.807) is 0 Å². The van der Waals surface area contributed by atoms with Gasteiger partial charge in [-0.05, 0) is 37.1 Å². The fourth-order valence-corrected chi connectivity index (χ4v) is 3.97. The van der Waals surface area contributed by atoms with Crippen LogP contribution >= 0.6 is 0 Å². The number of hydrogen-bond acceptors (Lipinski definition) is 4. The fraction of sp³-hybridized carbons (Fsp3) is 0.192. The number of nitrogens with zero attached hydrogens (tertiary/aromatic N) is 2. The standard InChI is InChI=1S/C26H23N3O2/c1-17(30)23-24(20-9-3-2-4-10-20)28-29(16-18-14-15-18)26(31)25(23)27-22-13-7-11-19-8-5-6-12-21(19)22/h2-13,18,27H,14-16H2,1H3. The van der Waals surface area contributed by atoms with Crippen molar-refractivity contribution in [1.29, 1.82) is 0 Å². The Labute approximate surface area is 180 Å². The zero-order valence-electron chi connectivity index (χ0n) is 17.3. The Kier molecular flexibility index (Phi) is 4.86. The molecule has 0 bridgehead atoms. The van der Waals surface area contributed by atoms with Crippen LogP contribution in [0.4, 0.5) is 11.4 Å². The summed E-state index contributed by atoms with van der Waals surface area (Å²) in [6.45, 7) is 2.06. The van der Waals surface area contributed by atoms with E-state index in [-0.39, 0.29) is 11.3 Å². The van der Waals surface area contributed by atoms with Gasteiger partial charge in [0.15, 0.2) is 5.78 Å². The van der Waals surface area contributed by atoms with Gasteiger partial charge in [-0.2, -0.15) is 5.10 Å². The van der Waals surface area contributed by atoms with Crippen LogP contribution in [0.5, 0.6) is 0 Å². The maximum absolute atomic E-state index is 13.5. The number of anilines is 2. The normalized spacial score (nSPS) is 13.3. The summed E-state index contributed by atoms with van der Waals surface area (Å²) in [5.41, 5.74) is 2.51. The van der Waals surface area contributed by atoms with Crippen molar-refractivity contribution in [3.05, 3.63) is 88.7 Å². The van der Waals surface area contributed by atoms with Crippen molar-refractivity contribution in [2.24, 2.45) is 5.92 Å². The lowest BCUT2D eigenvalue weighted by molar-refractivity contribution is 0.101. The zero-order valence-corrected chi connectivity index (χ0v) is 17.3. The van der Waals surface area contributed by atoms with E-state index in [9.17, 15) is 9.59 Å². The zero-order chi connectivity index (χ0) is 21.4. The van der Waals surface area contributed by atoms with Crippen LogP contribution in [0.25, 0.3) is 22.0 Å². The average molecular weight is 409 g/mol. The van der Waals surface area contributed by atoms with Crippen molar-refractivity contribution < 1.29 is 4.79 Å². The third kappa shape index (κ3) is 3.75. The summed E-state index contributed by atoms with van der Waals surface area (Å²) in [6, 6.07) is 23.5. The van der Waals surface area contributed by atoms with Crippen molar-refractivity contribution in [2.45, 2.75) is 26.3 Å². The number of carbonyl (C=O) groups excluding carboxylic acids is 1. The van der Waals surface area contributed by atoms with Gasteiger partial charge < -0.3 is 5.32 Å². The topological polar surface area (TPSA) is 64.0 Å². The monoisotopic (exact) mass is 409 g/mol. The number of fused-ring (bicyclic) bond motifs is 1. The molecule has 5 rings (SSSR count). The van der Waals surface area contributed by atoms with Gasteiger partial charge in [0.05, 0.1) is 5.56 Å². The molecule has 1 N–H and O–H groups in total. The van der Waals surface area contributed by atoms with Gasteiger partial charge in [0.25, 0.3) is 5.56 Å². The third-order valence-corrected chi connectivity index (χ3v) is 5.73. The molecule has 1 saturated carbocycles. The van der Waals surface area contributed by atoms with Crippen LogP contribution in [0.3, 0.4) is 0 Å². The summed E-state index contributed by atoms with van der Waals surface area (Å²) in [6.07, 6.45) is 2.21. The summed E-state index contributed by atoms with van der Waals surface area (Å²) in [5, 5.41) is 10.0. The Bertz CT molecular complexity index is 1330. The Morgan fingerprint density at radius 3 is 2.45 bits per heavy atom. The highest BCUT2D eigenvalue weighted by Gasteiger charge is 2.27. The third-order valence-electron chi connectivity index (χ3n) is 5.73. The molecule has 0 spiro atoms. The quantitative estimate of drug-likeness (QED) is 0.432. The second-order valence-electron chi connectivity index (χ2n) is 8.10. The highest BCUT2D eigenvalue weighted by molar-refractivity contribution is 6.06. The van der Waals surface area contributed by atoms with E-state index in [0.717, 1.165) is 34.9 Å². The van der Waals surface area contributed by atoms with Gasteiger partial charge in [-0.15, -0.1) is 0 Å². The van der Waals surface area contributed by atoms with Crippen LogP contribution in [0, 0.1) is 5.92 Å². The summed E-state index contributed by atoms with van der Waals surface area (Å²) in [5.74, 6) is 0.284. The number of Topliss-reactive ketones (excluding diaryl/α,β-unsaturated/α-hetero) is 1. The Balaban J connectivity index is 1.74. The molecule has 1 aliphatic carbocycles. The molecule has 0 amide bonds. The fourth-order valence-electron chi connectivity index (χ4n) is 3.97. The lowest BCUT2D eigenvalue weighted by Gasteiger charge is -2.17. The number of nitrogens with one attached hydrogen (secondary N) is 1. The molecule has 0 atom stereocenters. The van der Waals surface area contributed by atoms with Gasteiger partial charge in [0.1, 0.15) is 11.4 Å². The number of aromatic nitrogens is 2. The average Bonchev–Trinajstić information content (AvgIpc) is 3.61. The van der Waals surface area contributed by atoms with E-state index in [1.165, 1.54) is 11.6 Å². The van der Waals surface area contributed by atoms with Gasteiger partial charge in [0, 0.05) is 23.2 Å². The van der Waals surface area contributed by atoms with E-state index >= 15 is 0 Å².